The molecule has 0 N–H and O–H groups in total. The van der Waals surface area contributed by atoms with E-state index in [1.54, 1.807) is 0 Å². The van der Waals surface area contributed by atoms with Crippen molar-refractivity contribution >= 4 is 25.7 Å². The zero-order valence-corrected chi connectivity index (χ0v) is 40.8. The number of para-hydroxylation sites is 4. The molecule has 0 unspecified atom stereocenters. The van der Waals surface area contributed by atoms with Gasteiger partial charge in [0.25, 0.3) is 0 Å². The SMILES string of the molecule is CC(C)(C)[Si]1(C(C)(C)C)Oc2ccccc2-c2ccccc2O1.CC(C)(C)[Si]1(C(C)(C)C)Oc2ccccc2-c2ccccc2O[Si](C(C)(C)C)(C(C)(C)C)O1. The summed E-state index contributed by atoms with van der Waals surface area (Å²) >= 11 is 0. The number of hydrogen-bond donors (Lipinski definition) is 0. The van der Waals surface area contributed by atoms with Crippen molar-refractivity contribution < 1.29 is 21.8 Å². The van der Waals surface area contributed by atoms with Crippen molar-refractivity contribution in [3.63, 3.8) is 0 Å². The van der Waals surface area contributed by atoms with E-state index in [0.717, 1.165) is 45.3 Å². The standard InChI is InChI=1S/C28H44O3Si2.C20H26O2Si/c1-25(2,3)32(26(4,5)6)29-23-19-15-13-17-21(23)22-18-14-16-20-24(22)30-33(31-32,27(7,8)9)28(10,11)12;1-19(2,3)23(20(4,5)6)21-17-13-9-7-11-15(17)16-12-8-10-14-18(16)22-23/h13-20H,1-12H3;7-14H,1-6H3. The molecule has 2 heterocycles. The Morgan fingerprint density at radius 3 is 0.643 bits per heavy atom. The number of rotatable bonds is 0. The molecule has 0 saturated carbocycles. The van der Waals surface area contributed by atoms with Gasteiger partial charge < -0.3 is 21.8 Å². The second-order valence-electron chi connectivity index (χ2n) is 21.8. The van der Waals surface area contributed by atoms with E-state index in [1.807, 2.05) is 12.1 Å². The minimum absolute atomic E-state index is 0.0736. The average molecular weight is 811 g/mol. The lowest BCUT2D eigenvalue weighted by Gasteiger charge is -2.57. The summed E-state index contributed by atoms with van der Waals surface area (Å²) in [5.74, 6) is 3.65. The van der Waals surface area contributed by atoms with E-state index in [2.05, 4.69) is 210 Å². The van der Waals surface area contributed by atoms with E-state index in [1.165, 1.54) is 0 Å². The maximum absolute atomic E-state index is 7.75. The molecule has 4 aromatic carbocycles. The summed E-state index contributed by atoms with van der Waals surface area (Å²) in [6.45, 7) is 40.8. The molecule has 0 radical (unpaired) electrons. The highest BCUT2D eigenvalue weighted by Gasteiger charge is 2.71. The molecule has 6 rings (SSSR count). The lowest BCUT2D eigenvalue weighted by atomic mass is 10.0. The number of fused-ring (bicyclic) bond motifs is 6. The second kappa shape index (κ2) is 14.5. The summed E-state index contributed by atoms with van der Waals surface area (Å²) in [7, 11) is -8.66. The minimum Gasteiger partial charge on any atom is -0.519 e. The van der Waals surface area contributed by atoms with Gasteiger partial charge >= 0.3 is 25.7 Å². The van der Waals surface area contributed by atoms with Crippen LogP contribution in [0.1, 0.15) is 125 Å². The molecular weight excluding hydrogens is 741 g/mol. The van der Waals surface area contributed by atoms with E-state index >= 15 is 0 Å². The van der Waals surface area contributed by atoms with Crippen LogP contribution in [0.4, 0.5) is 0 Å². The van der Waals surface area contributed by atoms with Crippen LogP contribution in [-0.2, 0) is 4.12 Å². The van der Waals surface area contributed by atoms with Crippen molar-refractivity contribution in [3.8, 4) is 45.3 Å². The lowest BCUT2D eigenvalue weighted by Crippen LogP contribution is -2.71. The van der Waals surface area contributed by atoms with Crippen LogP contribution < -0.4 is 17.7 Å². The van der Waals surface area contributed by atoms with Crippen molar-refractivity contribution in [2.75, 3.05) is 0 Å². The summed E-state index contributed by atoms with van der Waals surface area (Å²) in [4.78, 5) is 0. The van der Waals surface area contributed by atoms with Gasteiger partial charge in [-0.3, -0.25) is 0 Å². The topological polar surface area (TPSA) is 46.2 Å². The first-order valence-electron chi connectivity index (χ1n) is 20.4. The molecule has 0 spiro atoms. The largest absolute Gasteiger partial charge is 0.519 e. The van der Waals surface area contributed by atoms with Gasteiger partial charge in [0.15, 0.2) is 0 Å². The highest BCUT2D eigenvalue weighted by molar-refractivity contribution is 6.87. The van der Waals surface area contributed by atoms with Gasteiger partial charge in [-0.25, -0.2) is 0 Å². The summed E-state index contributed by atoms with van der Waals surface area (Å²) < 4.78 is 35.9. The van der Waals surface area contributed by atoms with Crippen molar-refractivity contribution in [2.45, 2.75) is 155 Å². The molecule has 0 aliphatic carbocycles. The first-order valence-corrected chi connectivity index (χ1v) is 25.8. The Balaban J connectivity index is 0.000000228. The zero-order chi connectivity index (χ0) is 42.0. The van der Waals surface area contributed by atoms with Crippen LogP contribution in [0.3, 0.4) is 0 Å². The molecule has 4 aromatic rings. The Hall–Kier alpha value is -3.31. The Bertz CT molecular complexity index is 1840. The maximum Gasteiger partial charge on any atom is 0.471 e. The summed E-state index contributed by atoms with van der Waals surface area (Å²) in [5.41, 5.74) is 4.36. The van der Waals surface area contributed by atoms with Crippen molar-refractivity contribution in [3.05, 3.63) is 97.1 Å². The van der Waals surface area contributed by atoms with Crippen LogP contribution in [0.5, 0.6) is 23.0 Å². The number of benzene rings is 4. The predicted molar refractivity (Wildman–Crippen MR) is 243 cm³/mol. The fourth-order valence-corrected chi connectivity index (χ4v) is 27.3. The normalized spacial score (nSPS) is 17.7. The predicted octanol–water partition coefficient (Wildman–Crippen LogP) is 15.4. The van der Waals surface area contributed by atoms with Gasteiger partial charge in [-0.1, -0.05) is 197 Å². The van der Waals surface area contributed by atoms with Gasteiger partial charge in [-0.2, -0.15) is 0 Å². The smallest absolute Gasteiger partial charge is 0.471 e. The molecule has 0 atom stereocenters. The van der Waals surface area contributed by atoms with Gasteiger partial charge in [-0.15, -0.1) is 0 Å². The monoisotopic (exact) mass is 810 g/mol. The van der Waals surface area contributed by atoms with E-state index in [0.29, 0.717) is 0 Å². The molecule has 0 amide bonds. The van der Waals surface area contributed by atoms with Crippen LogP contribution in [0.25, 0.3) is 22.3 Å². The fourth-order valence-electron chi connectivity index (χ4n) is 9.21. The molecule has 0 saturated heterocycles. The van der Waals surface area contributed by atoms with E-state index in [-0.39, 0.29) is 30.2 Å². The average Bonchev–Trinajstić information content (AvgIpc) is 3.17. The lowest BCUT2D eigenvalue weighted by molar-refractivity contribution is 0.217. The number of hydrogen-bond acceptors (Lipinski definition) is 5. The molecule has 0 fully saturated rings. The van der Waals surface area contributed by atoms with Crippen molar-refractivity contribution in [1.29, 1.82) is 0 Å². The summed E-state index contributed by atoms with van der Waals surface area (Å²) in [6.07, 6.45) is 0. The molecule has 0 aromatic heterocycles. The van der Waals surface area contributed by atoms with Crippen LogP contribution in [0, 0.1) is 0 Å². The third-order valence-electron chi connectivity index (χ3n) is 11.4. The van der Waals surface area contributed by atoms with Gasteiger partial charge in [-0.05, 0) is 24.3 Å². The molecule has 304 valence electrons. The van der Waals surface area contributed by atoms with E-state index < -0.39 is 25.7 Å². The molecule has 56 heavy (non-hydrogen) atoms. The van der Waals surface area contributed by atoms with E-state index in [9.17, 15) is 0 Å². The van der Waals surface area contributed by atoms with Crippen LogP contribution in [0.15, 0.2) is 97.1 Å². The van der Waals surface area contributed by atoms with Gasteiger partial charge in [0.1, 0.15) is 23.0 Å². The van der Waals surface area contributed by atoms with Crippen molar-refractivity contribution in [1.82, 2.24) is 0 Å². The Labute approximate surface area is 343 Å². The highest BCUT2D eigenvalue weighted by atomic mass is 28.5. The quantitative estimate of drug-likeness (QED) is 0.166. The third-order valence-corrected chi connectivity index (χ3v) is 27.5. The fraction of sp³-hybridized carbons (Fsp3) is 0.500. The van der Waals surface area contributed by atoms with Gasteiger partial charge in [0.05, 0.1) is 0 Å². The van der Waals surface area contributed by atoms with Crippen LogP contribution in [0.2, 0.25) is 30.2 Å². The van der Waals surface area contributed by atoms with Crippen LogP contribution >= 0.6 is 0 Å². The van der Waals surface area contributed by atoms with Crippen LogP contribution in [-0.4, -0.2) is 25.7 Å². The Morgan fingerprint density at radius 2 is 0.446 bits per heavy atom. The van der Waals surface area contributed by atoms with Gasteiger partial charge in [0, 0.05) is 52.5 Å². The summed E-state index contributed by atoms with van der Waals surface area (Å²) in [5, 5.41) is -0.953. The molecule has 5 nitrogen and oxygen atoms in total. The molecular formula is C48H70O5Si3. The zero-order valence-electron chi connectivity index (χ0n) is 37.8. The molecule has 2 aliphatic rings. The first kappa shape index (κ1) is 43.8. The minimum atomic E-state index is -3.01. The third kappa shape index (κ3) is 7.56. The van der Waals surface area contributed by atoms with E-state index in [4.69, 9.17) is 21.8 Å². The maximum atomic E-state index is 7.75. The molecule has 2 aliphatic heterocycles. The van der Waals surface area contributed by atoms with Crippen molar-refractivity contribution in [2.24, 2.45) is 0 Å². The molecule has 0 bridgehead atoms. The second-order valence-corrected chi connectivity index (χ2v) is 36.2. The first-order chi connectivity index (χ1) is 25.5. The highest BCUT2D eigenvalue weighted by Crippen LogP contribution is 2.62. The summed E-state index contributed by atoms with van der Waals surface area (Å²) in [6, 6.07) is 33.3. The van der Waals surface area contributed by atoms with Gasteiger partial charge in [0.2, 0.25) is 0 Å². The Morgan fingerprint density at radius 1 is 0.268 bits per heavy atom. The Kier molecular flexibility index (Phi) is 11.3. The molecule has 8 heteroatoms.